The lowest BCUT2D eigenvalue weighted by atomic mass is 10.4. The predicted octanol–water partition coefficient (Wildman–Crippen LogP) is 2.48. The van der Waals surface area contributed by atoms with E-state index < -0.39 is 10.0 Å². The molecule has 0 radical (unpaired) electrons. The van der Waals surface area contributed by atoms with Gasteiger partial charge in [-0.1, -0.05) is 23.2 Å². The lowest BCUT2D eigenvalue weighted by Crippen LogP contribution is -2.28. The molecule has 1 saturated carbocycles. The number of nitrogens with one attached hydrogen (secondary N) is 2. The van der Waals surface area contributed by atoms with Crippen LogP contribution >= 0.6 is 34.5 Å². The number of halogens is 2. The molecule has 1 fully saturated rings. The van der Waals surface area contributed by atoms with Crippen LogP contribution in [0.1, 0.15) is 19.3 Å². The molecule has 4 nitrogen and oxygen atoms in total. The Labute approximate surface area is 121 Å². The van der Waals surface area contributed by atoms with Crippen LogP contribution in [0.5, 0.6) is 0 Å². The Kier molecular flexibility index (Phi) is 4.91. The Morgan fingerprint density at radius 1 is 1.33 bits per heavy atom. The molecule has 1 heterocycles. The van der Waals surface area contributed by atoms with Crippen LogP contribution in [0.4, 0.5) is 0 Å². The number of hydrogen-bond donors (Lipinski definition) is 2. The normalized spacial score (nSPS) is 16.1. The highest BCUT2D eigenvalue weighted by Crippen LogP contribution is 2.33. The van der Waals surface area contributed by atoms with E-state index in [0.29, 0.717) is 16.9 Å². The highest BCUT2D eigenvalue weighted by Gasteiger charge is 2.21. The number of sulfonamides is 1. The lowest BCUT2D eigenvalue weighted by molar-refractivity contribution is 0.574. The first-order valence-electron chi connectivity index (χ1n) is 5.67. The maximum atomic E-state index is 11.9. The fraction of sp³-hybridized carbons (Fsp3) is 0.600. The van der Waals surface area contributed by atoms with Crippen molar-refractivity contribution >= 4 is 44.6 Å². The van der Waals surface area contributed by atoms with E-state index >= 15 is 0 Å². The summed E-state index contributed by atoms with van der Waals surface area (Å²) in [6.07, 6.45) is 3.22. The highest BCUT2D eigenvalue weighted by atomic mass is 35.5. The van der Waals surface area contributed by atoms with Gasteiger partial charge in [-0.05, 0) is 31.9 Å². The summed E-state index contributed by atoms with van der Waals surface area (Å²) >= 11 is 12.6. The molecule has 0 amide bonds. The number of thiophene rings is 1. The summed E-state index contributed by atoms with van der Waals surface area (Å²) in [6, 6.07) is 2.02. The van der Waals surface area contributed by atoms with Crippen molar-refractivity contribution in [2.45, 2.75) is 30.2 Å². The monoisotopic (exact) mass is 328 g/mol. The Hall–Kier alpha value is 0.150. The second kappa shape index (κ2) is 6.07. The topological polar surface area (TPSA) is 58.2 Å². The van der Waals surface area contributed by atoms with Crippen molar-refractivity contribution in [1.82, 2.24) is 10.0 Å². The van der Waals surface area contributed by atoms with Gasteiger partial charge in [-0.25, -0.2) is 13.1 Å². The van der Waals surface area contributed by atoms with Gasteiger partial charge in [0.2, 0.25) is 10.0 Å². The number of rotatable bonds is 7. The van der Waals surface area contributed by atoms with Gasteiger partial charge in [0.05, 0.1) is 4.34 Å². The van der Waals surface area contributed by atoms with Crippen molar-refractivity contribution in [1.29, 1.82) is 0 Å². The van der Waals surface area contributed by atoms with Crippen molar-refractivity contribution in [3.8, 4) is 0 Å². The van der Waals surface area contributed by atoms with Crippen LogP contribution in [0.25, 0.3) is 0 Å². The van der Waals surface area contributed by atoms with Crippen molar-refractivity contribution < 1.29 is 8.42 Å². The van der Waals surface area contributed by atoms with Crippen LogP contribution in [-0.4, -0.2) is 27.5 Å². The molecule has 0 spiro atoms. The zero-order valence-corrected chi connectivity index (χ0v) is 12.7. The fourth-order valence-electron chi connectivity index (χ4n) is 1.47. The molecule has 0 aromatic carbocycles. The van der Waals surface area contributed by atoms with Gasteiger partial charge >= 0.3 is 0 Å². The molecule has 1 aromatic heterocycles. The second-order valence-corrected chi connectivity index (χ2v) is 8.19. The second-order valence-electron chi connectivity index (χ2n) is 4.17. The molecule has 102 valence electrons. The molecular weight excluding hydrogens is 315 g/mol. The van der Waals surface area contributed by atoms with Crippen LogP contribution in [0.3, 0.4) is 0 Å². The predicted molar refractivity (Wildman–Crippen MR) is 75.2 cm³/mol. The van der Waals surface area contributed by atoms with E-state index in [-0.39, 0.29) is 9.23 Å². The first-order chi connectivity index (χ1) is 8.49. The van der Waals surface area contributed by atoms with Gasteiger partial charge in [0.25, 0.3) is 0 Å². The summed E-state index contributed by atoms with van der Waals surface area (Å²) in [7, 11) is -3.54. The molecule has 0 unspecified atom stereocenters. The lowest BCUT2D eigenvalue weighted by Gasteiger charge is -2.06. The van der Waals surface area contributed by atoms with Gasteiger partial charge in [-0.15, -0.1) is 11.3 Å². The van der Waals surface area contributed by atoms with E-state index in [4.69, 9.17) is 23.2 Å². The third-order valence-electron chi connectivity index (χ3n) is 2.57. The Morgan fingerprint density at radius 2 is 2.06 bits per heavy atom. The summed E-state index contributed by atoms with van der Waals surface area (Å²) < 4.78 is 26.9. The van der Waals surface area contributed by atoms with Gasteiger partial charge in [0.1, 0.15) is 9.23 Å². The molecular formula is C10H14Cl2N2O2S2. The zero-order chi connectivity index (χ0) is 13.2. The molecule has 0 atom stereocenters. The molecule has 2 N–H and O–H groups in total. The van der Waals surface area contributed by atoms with Crippen LogP contribution < -0.4 is 10.0 Å². The van der Waals surface area contributed by atoms with Crippen molar-refractivity contribution in [2.75, 3.05) is 13.1 Å². The molecule has 0 saturated heterocycles. The molecule has 18 heavy (non-hydrogen) atoms. The largest absolute Gasteiger partial charge is 0.314 e. The average molecular weight is 329 g/mol. The van der Waals surface area contributed by atoms with Crippen LogP contribution in [0.15, 0.2) is 11.0 Å². The third kappa shape index (κ3) is 4.08. The SMILES string of the molecule is O=S(=O)(NCCCNC1CC1)c1cc(Cl)sc1Cl. The highest BCUT2D eigenvalue weighted by molar-refractivity contribution is 7.89. The molecule has 2 rings (SSSR count). The Bertz CT molecular complexity index is 512. The van der Waals surface area contributed by atoms with E-state index in [1.807, 2.05) is 0 Å². The smallest absolute Gasteiger partial charge is 0.242 e. The maximum Gasteiger partial charge on any atom is 0.242 e. The average Bonchev–Trinajstić information content (AvgIpc) is 3.03. The van der Waals surface area contributed by atoms with E-state index in [0.717, 1.165) is 24.3 Å². The minimum Gasteiger partial charge on any atom is -0.314 e. The van der Waals surface area contributed by atoms with Gasteiger partial charge < -0.3 is 5.32 Å². The van der Waals surface area contributed by atoms with E-state index in [1.165, 1.54) is 18.9 Å². The maximum absolute atomic E-state index is 11.9. The summed E-state index contributed by atoms with van der Waals surface area (Å²) in [5.41, 5.74) is 0. The van der Waals surface area contributed by atoms with E-state index in [2.05, 4.69) is 10.0 Å². The Balaban J connectivity index is 1.81. The molecule has 0 bridgehead atoms. The summed E-state index contributed by atoms with van der Waals surface area (Å²) in [4.78, 5) is 0.0642. The summed E-state index contributed by atoms with van der Waals surface area (Å²) in [5, 5.41) is 3.32. The van der Waals surface area contributed by atoms with Gasteiger partial charge in [-0.3, -0.25) is 0 Å². The van der Waals surface area contributed by atoms with Gasteiger partial charge in [-0.2, -0.15) is 0 Å². The first kappa shape index (κ1) is 14.6. The first-order valence-corrected chi connectivity index (χ1v) is 8.72. The van der Waals surface area contributed by atoms with Crippen molar-refractivity contribution in [3.05, 3.63) is 14.7 Å². The molecule has 1 aromatic rings. The van der Waals surface area contributed by atoms with Crippen LogP contribution in [-0.2, 0) is 10.0 Å². The number of hydrogen-bond acceptors (Lipinski definition) is 4. The van der Waals surface area contributed by atoms with Crippen LogP contribution in [0.2, 0.25) is 8.67 Å². The van der Waals surface area contributed by atoms with E-state index in [1.54, 1.807) is 0 Å². The summed E-state index contributed by atoms with van der Waals surface area (Å²) in [5.74, 6) is 0. The molecule has 1 aliphatic rings. The van der Waals surface area contributed by atoms with Crippen molar-refractivity contribution in [3.63, 3.8) is 0 Å². The van der Waals surface area contributed by atoms with Gasteiger partial charge in [0.15, 0.2) is 0 Å². The van der Waals surface area contributed by atoms with Crippen molar-refractivity contribution in [2.24, 2.45) is 0 Å². The Morgan fingerprint density at radius 3 is 2.61 bits per heavy atom. The molecule has 8 heteroatoms. The van der Waals surface area contributed by atoms with Crippen LogP contribution in [0, 0.1) is 0 Å². The minimum atomic E-state index is -3.54. The fourth-order valence-corrected chi connectivity index (χ4v) is 4.70. The third-order valence-corrected chi connectivity index (χ3v) is 5.78. The molecule has 0 aliphatic heterocycles. The van der Waals surface area contributed by atoms with Gasteiger partial charge in [0, 0.05) is 12.6 Å². The molecule has 1 aliphatic carbocycles. The van der Waals surface area contributed by atoms with E-state index in [9.17, 15) is 8.42 Å². The standard InChI is InChI=1S/C10H14Cl2N2O2S2/c11-9-6-8(10(12)17-9)18(15,16)14-5-1-4-13-7-2-3-7/h6-7,13-14H,1-5H2. The summed E-state index contributed by atoms with van der Waals surface area (Å²) in [6.45, 7) is 1.22. The minimum absolute atomic E-state index is 0.0642. The quantitative estimate of drug-likeness (QED) is 0.756. The zero-order valence-electron chi connectivity index (χ0n) is 9.58.